The largest absolute Gasteiger partial charge is 0.497 e. The highest BCUT2D eigenvalue weighted by atomic mass is 16.6. The summed E-state index contributed by atoms with van der Waals surface area (Å²) in [5, 5.41) is 3.48. The highest BCUT2D eigenvalue weighted by molar-refractivity contribution is 5.82. The van der Waals surface area contributed by atoms with Crippen molar-refractivity contribution in [1.29, 1.82) is 0 Å². The summed E-state index contributed by atoms with van der Waals surface area (Å²) < 4.78 is 11.7. The summed E-state index contributed by atoms with van der Waals surface area (Å²) in [5.41, 5.74) is 1.19. The molecule has 0 spiro atoms. The van der Waals surface area contributed by atoms with Crippen LogP contribution in [0.1, 0.15) is 110 Å². The van der Waals surface area contributed by atoms with Crippen molar-refractivity contribution < 1.29 is 15.7 Å². The number of benzene rings is 1. The minimum absolute atomic E-state index is 0. The molecule has 192 valence electrons. The Bertz CT molecular complexity index is 762. The minimum Gasteiger partial charge on any atom is -0.497 e. The average Bonchev–Trinajstić information content (AvgIpc) is 3.68. The number of carbonyl (C=O) groups is 1. The Morgan fingerprint density at radius 2 is 1.71 bits per heavy atom. The zero-order valence-electron chi connectivity index (χ0n) is 21.6. The van der Waals surface area contributed by atoms with E-state index in [0.717, 1.165) is 37.9 Å². The Morgan fingerprint density at radius 1 is 1.06 bits per heavy atom. The van der Waals surface area contributed by atoms with Gasteiger partial charge >= 0.3 is 0 Å². The molecule has 4 unspecified atom stereocenters. The van der Waals surface area contributed by atoms with Gasteiger partial charge in [0, 0.05) is 13.5 Å². The van der Waals surface area contributed by atoms with E-state index in [1.165, 1.54) is 56.9 Å². The molecule has 1 aliphatic heterocycles. The van der Waals surface area contributed by atoms with Crippen LogP contribution in [0, 0.1) is 5.92 Å². The third kappa shape index (κ3) is 6.15. The molecule has 4 rings (SSSR count). The summed E-state index contributed by atoms with van der Waals surface area (Å²) in [6, 6.07) is 8.89. The Balaban J connectivity index is 0.00000342. The van der Waals surface area contributed by atoms with Crippen LogP contribution in [0.4, 0.5) is 0 Å². The summed E-state index contributed by atoms with van der Waals surface area (Å²) in [6.07, 6.45) is 15.5. The molecule has 0 aromatic heterocycles. The Labute approximate surface area is 208 Å². The number of amides is 1. The fourth-order valence-electron chi connectivity index (χ4n) is 6.40. The second kappa shape index (κ2) is 12.4. The number of nitrogens with zero attached hydrogens (tertiary/aromatic N) is 1. The lowest BCUT2D eigenvalue weighted by Gasteiger charge is -2.43. The molecule has 1 saturated heterocycles. The first kappa shape index (κ1) is 25.5. The van der Waals surface area contributed by atoms with Gasteiger partial charge in [0.05, 0.1) is 13.2 Å². The number of nitrogens with one attached hydrogen (secondary N) is 1. The quantitative estimate of drug-likeness (QED) is 0.368. The van der Waals surface area contributed by atoms with Crippen LogP contribution in [-0.2, 0) is 9.53 Å². The van der Waals surface area contributed by atoms with Gasteiger partial charge in [-0.15, -0.1) is 0 Å². The molecule has 0 bridgehead atoms. The molecule has 5 nitrogen and oxygen atoms in total. The van der Waals surface area contributed by atoms with Crippen LogP contribution < -0.4 is 10.1 Å². The van der Waals surface area contributed by atoms with E-state index < -0.39 is 0 Å². The molecular formula is C29H48N2O3. The second-order valence-corrected chi connectivity index (χ2v) is 10.7. The lowest BCUT2D eigenvalue weighted by Crippen LogP contribution is -2.58. The smallest absolute Gasteiger partial charge is 0.237 e. The van der Waals surface area contributed by atoms with Gasteiger partial charge in [0.2, 0.25) is 5.91 Å². The fraction of sp³-hybridized carbons (Fsp3) is 0.759. The summed E-state index contributed by atoms with van der Waals surface area (Å²) in [5.74, 6) is 1.54. The van der Waals surface area contributed by atoms with Gasteiger partial charge in [-0.1, -0.05) is 70.9 Å². The zero-order valence-corrected chi connectivity index (χ0v) is 21.6. The average molecular weight is 473 g/mol. The first-order valence-corrected chi connectivity index (χ1v) is 14.0. The van der Waals surface area contributed by atoms with E-state index in [0.29, 0.717) is 12.0 Å². The van der Waals surface area contributed by atoms with Crippen molar-refractivity contribution in [2.75, 3.05) is 7.11 Å². The summed E-state index contributed by atoms with van der Waals surface area (Å²) in [7, 11) is 1.70. The molecule has 1 aromatic carbocycles. The Kier molecular flexibility index (Phi) is 9.30. The lowest BCUT2D eigenvalue weighted by molar-refractivity contribution is -0.133. The molecule has 3 aliphatic rings. The van der Waals surface area contributed by atoms with Crippen molar-refractivity contribution in [3.05, 3.63) is 29.8 Å². The van der Waals surface area contributed by atoms with E-state index in [2.05, 4.69) is 36.2 Å². The van der Waals surface area contributed by atoms with Crippen LogP contribution in [0.3, 0.4) is 0 Å². The molecule has 2 aliphatic carbocycles. The highest BCUT2D eigenvalue weighted by Gasteiger charge is 2.52. The van der Waals surface area contributed by atoms with Gasteiger partial charge in [0.15, 0.2) is 0 Å². The predicted molar refractivity (Wildman–Crippen MR) is 139 cm³/mol. The van der Waals surface area contributed by atoms with Gasteiger partial charge in [0.1, 0.15) is 18.1 Å². The molecule has 4 atom stereocenters. The van der Waals surface area contributed by atoms with Crippen molar-refractivity contribution >= 4 is 5.91 Å². The number of methoxy groups -OCH3 is 1. The normalized spacial score (nSPS) is 25.6. The Hall–Kier alpha value is -1.59. The molecule has 1 amide bonds. The Morgan fingerprint density at radius 3 is 2.29 bits per heavy atom. The van der Waals surface area contributed by atoms with Crippen LogP contribution in [0.25, 0.3) is 0 Å². The molecule has 1 heterocycles. The maximum Gasteiger partial charge on any atom is 0.237 e. The summed E-state index contributed by atoms with van der Waals surface area (Å²) in [6.45, 7) is 4.40. The van der Waals surface area contributed by atoms with Crippen molar-refractivity contribution in [3.8, 4) is 5.75 Å². The van der Waals surface area contributed by atoms with Crippen molar-refractivity contribution in [2.24, 2.45) is 5.92 Å². The third-order valence-electron chi connectivity index (χ3n) is 8.37. The fourth-order valence-corrected chi connectivity index (χ4v) is 6.40. The third-order valence-corrected chi connectivity index (χ3v) is 8.37. The van der Waals surface area contributed by atoms with Crippen LogP contribution in [0.5, 0.6) is 5.75 Å². The molecule has 0 radical (unpaired) electrons. The number of ether oxygens (including phenoxy) is 2. The molecule has 5 heteroatoms. The first-order valence-electron chi connectivity index (χ1n) is 14.0. The van der Waals surface area contributed by atoms with E-state index in [-0.39, 0.29) is 31.7 Å². The lowest BCUT2D eigenvalue weighted by atomic mass is 9.81. The molecule has 3 fully saturated rings. The zero-order chi connectivity index (χ0) is 23.9. The van der Waals surface area contributed by atoms with Crippen LogP contribution in [-0.4, -0.2) is 42.3 Å². The van der Waals surface area contributed by atoms with Crippen LogP contribution in [0.2, 0.25) is 0 Å². The van der Waals surface area contributed by atoms with Gasteiger partial charge in [-0.2, -0.15) is 0 Å². The van der Waals surface area contributed by atoms with Gasteiger partial charge in [-0.25, -0.2) is 0 Å². The molecule has 34 heavy (non-hydrogen) atoms. The second-order valence-electron chi connectivity index (χ2n) is 10.7. The van der Waals surface area contributed by atoms with E-state index in [1.54, 1.807) is 7.11 Å². The maximum absolute atomic E-state index is 14.0. The maximum atomic E-state index is 14.0. The summed E-state index contributed by atoms with van der Waals surface area (Å²) >= 11 is 0. The molecule has 1 aromatic rings. The van der Waals surface area contributed by atoms with E-state index in [4.69, 9.17) is 9.47 Å². The topological polar surface area (TPSA) is 54.1 Å². The van der Waals surface area contributed by atoms with Crippen molar-refractivity contribution in [3.63, 3.8) is 0 Å². The SMILES string of the molecule is CCCC(CC)NC(=O)C(C1CCCCC1)N(C1CCCCC1)C1OC1c1ccc(OC)cc1.[HH]. The highest BCUT2D eigenvalue weighted by Crippen LogP contribution is 2.46. The number of hydrogen-bond acceptors (Lipinski definition) is 4. The standard InChI is InChI=1S/C29H46N2O3.H2/c1-4-12-23(5-2)30-28(32)26(21-13-8-6-9-14-21)31(24-15-10-7-11-16-24)29-27(34-29)22-17-19-25(33-3)20-18-22;/h17-21,23-24,26-27,29H,4-16H2,1-3H3,(H,30,32);1H. The van der Waals surface area contributed by atoms with Gasteiger partial charge in [-0.3, -0.25) is 9.69 Å². The van der Waals surface area contributed by atoms with Crippen LogP contribution in [0.15, 0.2) is 24.3 Å². The van der Waals surface area contributed by atoms with E-state index in [1.807, 2.05) is 12.1 Å². The number of rotatable bonds is 11. The van der Waals surface area contributed by atoms with Crippen LogP contribution >= 0.6 is 0 Å². The van der Waals surface area contributed by atoms with Gasteiger partial charge in [-0.05, 0) is 62.1 Å². The van der Waals surface area contributed by atoms with Crippen molar-refractivity contribution in [2.45, 2.75) is 128 Å². The van der Waals surface area contributed by atoms with Gasteiger partial charge < -0.3 is 14.8 Å². The number of hydrogen-bond donors (Lipinski definition) is 1. The molecule has 1 N–H and O–H groups in total. The van der Waals surface area contributed by atoms with Crippen molar-refractivity contribution in [1.82, 2.24) is 10.2 Å². The molecular weight excluding hydrogens is 424 g/mol. The van der Waals surface area contributed by atoms with Gasteiger partial charge in [0.25, 0.3) is 0 Å². The minimum atomic E-state index is -0.0810. The summed E-state index contributed by atoms with van der Waals surface area (Å²) in [4.78, 5) is 16.6. The predicted octanol–water partition coefficient (Wildman–Crippen LogP) is 6.62. The number of carbonyl (C=O) groups excluding carboxylic acids is 1. The number of epoxide rings is 1. The van der Waals surface area contributed by atoms with E-state index in [9.17, 15) is 4.79 Å². The molecule has 2 saturated carbocycles. The first-order chi connectivity index (χ1) is 16.7. The monoisotopic (exact) mass is 472 g/mol. The van der Waals surface area contributed by atoms with E-state index >= 15 is 0 Å².